The summed E-state index contributed by atoms with van der Waals surface area (Å²) >= 11 is 0. The summed E-state index contributed by atoms with van der Waals surface area (Å²) in [6.07, 6.45) is 1.73. The Labute approximate surface area is 105 Å². The molecule has 0 saturated carbocycles. The Morgan fingerprint density at radius 1 is 1.33 bits per heavy atom. The summed E-state index contributed by atoms with van der Waals surface area (Å²) in [5, 5.41) is 0. The smallest absolute Gasteiger partial charge is 0.306 e. The molecule has 0 radical (unpaired) electrons. The second kappa shape index (κ2) is 6.74. The maximum absolute atomic E-state index is 11.7. The predicted molar refractivity (Wildman–Crippen MR) is 66.3 cm³/mol. The van der Waals surface area contributed by atoms with Crippen LogP contribution in [0.3, 0.4) is 0 Å². The van der Waals surface area contributed by atoms with Gasteiger partial charge in [-0.15, -0.1) is 0 Å². The Morgan fingerprint density at radius 2 is 2.06 bits per heavy atom. The highest BCUT2D eigenvalue weighted by atomic mass is 16.5. The number of carbonyl (C=O) groups is 2. The number of pyridine rings is 1. The molecular weight excluding hydrogens is 234 g/mol. The molecule has 0 unspecified atom stereocenters. The summed E-state index contributed by atoms with van der Waals surface area (Å²) in [7, 11) is 0. The highest BCUT2D eigenvalue weighted by Crippen LogP contribution is 1.97. The van der Waals surface area contributed by atoms with Crippen molar-refractivity contribution in [3.05, 3.63) is 34.2 Å². The summed E-state index contributed by atoms with van der Waals surface area (Å²) in [6, 6.07) is 3.41. The normalized spacial score (nSPS) is 10.1. The van der Waals surface area contributed by atoms with E-state index in [-0.39, 0.29) is 36.7 Å². The zero-order chi connectivity index (χ0) is 13.5. The van der Waals surface area contributed by atoms with E-state index < -0.39 is 0 Å². The van der Waals surface area contributed by atoms with Gasteiger partial charge in [0.1, 0.15) is 0 Å². The minimum Gasteiger partial charge on any atom is -0.466 e. The average Bonchev–Trinajstić information content (AvgIpc) is 2.33. The van der Waals surface area contributed by atoms with Gasteiger partial charge in [-0.05, 0) is 19.9 Å². The monoisotopic (exact) mass is 251 g/mol. The largest absolute Gasteiger partial charge is 0.466 e. The number of hydrogen-bond acceptors (Lipinski definition) is 4. The Hall–Kier alpha value is -1.91. The van der Waals surface area contributed by atoms with Crippen LogP contribution in [0.4, 0.5) is 0 Å². The number of carbonyl (C=O) groups excluding carboxylic acids is 2. The predicted octanol–water partition coefficient (Wildman–Crippen LogP) is 1.07. The molecule has 0 spiro atoms. The van der Waals surface area contributed by atoms with Crippen molar-refractivity contribution < 1.29 is 14.3 Å². The topological polar surface area (TPSA) is 65.4 Å². The number of nitrogens with zero attached hydrogens (tertiary/aromatic N) is 1. The van der Waals surface area contributed by atoms with Gasteiger partial charge in [0.25, 0.3) is 5.56 Å². The van der Waals surface area contributed by atoms with Crippen LogP contribution >= 0.6 is 0 Å². The van der Waals surface area contributed by atoms with Crippen LogP contribution in [-0.4, -0.2) is 22.9 Å². The second-order valence-corrected chi connectivity index (χ2v) is 3.97. The summed E-state index contributed by atoms with van der Waals surface area (Å²) in [5.41, 5.74) is 0.415. The van der Waals surface area contributed by atoms with Crippen LogP contribution in [0.2, 0.25) is 0 Å². The number of esters is 1. The number of ether oxygens (including phenoxy) is 1. The third-order valence-corrected chi connectivity index (χ3v) is 2.47. The third kappa shape index (κ3) is 4.16. The van der Waals surface area contributed by atoms with Crippen molar-refractivity contribution in [2.75, 3.05) is 6.61 Å². The zero-order valence-corrected chi connectivity index (χ0v) is 10.6. The molecule has 0 amide bonds. The Bertz CT molecular complexity index is 490. The van der Waals surface area contributed by atoms with E-state index in [0.717, 1.165) is 0 Å². The molecular formula is C13H17NO4. The van der Waals surface area contributed by atoms with E-state index in [1.54, 1.807) is 32.2 Å². The minimum atomic E-state index is -0.387. The first-order valence-electron chi connectivity index (χ1n) is 5.88. The van der Waals surface area contributed by atoms with Gasteiger partial charge >= 0.3 is 5.97 Å². The van der Waals surface area contributed by atoms with E-state index in [2.05, 4.69) is 0 Å². The van der Waals surface area contributed by atoms with Crippen molar-refractivity contribution in [2.24, 2.45) is 0 Å². The van der Waals surface area contributed by atoms with E-state index in [9.17, 15) is 14.4 Å². The standard InChI is InChI=1S/C13H17NO4/c1-3-18-12(16)7-6-11(15)9-14-8-4-5-10(2)13(14)17/h4-5,8H,3,6-7,9H2,1-2H3. The molecule has 18 heavy (non-hydrogen) atoms. The molecule has 0 bridgehead atoms. The van der Waals surface area contributed by atoms with Crippen LogP contribution in [0.15, 0.2) is 23.1 Å². The summed E-state index contributed by atoms with van der Waals surface area (Å²) in [6.45, 7) is 3.72. The lowest BCUT2D eigenvalue weighted by molar-refractivity contribution is -0.144. The fourth-order valence-electron chi connectivity index (χ4n) is 1.52. The molecule has 0 aliphatic heterocycles. The van der Waals surface area contributed by atoms with Crippen LogP contribution < -0.4 is 5.56 Å². The van der Waals surface area contributed by atoms with Gasteiger partial charge in [0.05, 0.1) is 19.6 Å². The Balaban J connectivity index is 2.53. The Kier molecular flexibility index (Phi) is 5.30. The van der Waals surface area contributed by atoms with Crippen LogP contribution in [0.5, 0.6) is 0 Å². The lowest BCUT2D eigenvalue weighted by Crippen LogP contribution is -2.25. The SMILES string of the molecule is CCOC(=O)CCC(=O)Cn1cccc(C)c1=O. The molecule has 98 valence electrons. The number of Topliss-reactive ketones (excluding diaryl/α,β-unsaturated/α-hetero) is 1. The van der Waals surface area contributed by atoms with Gasteiger partial charge in [-0.3, -0.25) is 14.4 Å². The number of aryl methyl sites for hydroxylation is 1. The van der Waals surface area contributed by atoms with Crippen molar-refractivity contribution in [3.63, 3.8) is 0 Å². The van der Waals surface area contributed by atoms with Crippen molar-refractivity contribution in [3.8, 4) is 0 Å². The van der Waals surface area contributed by atoms with Crippen LogP contribution in [-0.2, 0) is 20.9 Å². The molecule has 0 aliphatic rings. The maximum atomic E-state index is 11.7. The van der Waals surface area contributed by atoms with E-state index in [4.69, 9.17) is 4.74 Å². The van der Waals surface area contributed by atoms with E-state index in [1.165, 1.54) is 4.57 Å². The maximum Gasteiger partial charge on any atom is 0.306 e. The number of ketones is 1. The molecule has 1 aromatic heterocycles. The molecule has 0 fully saturated rings. The van der Waals surface area contributed by atoms with E-state index in [0.29, 0.717) is 12.2 Å². The number of rotatable bonds is 6. The molecule has 1 rings (SSSR count). The molecule has 0 aromatic carbocycles. The van der Waals surface area contributed by atoms with Crippen molar-refractivity contribution in [1.82, 2.24) is 4.57 Å². The quantitative estimate of drug-likeness (QED) is 0.709. The first kappa shape index (κ1) is 14.2. The molecule has 0 saturated heterocycles. The van der Waals surface area contributed by atoms with Gasteiger partial charge in [0, 0.05) is 18.2 Å². The van der Waals surface area contributed by atoms with E-state index in [1.807, 2.05) is 0 Å². The zero-order valence-electron chi connectivity index (χ0n) is 10.6. The second-order valence-electron chi connectivity index (χ2n) is 3.97. The van der Waals surface area contributed by atoms with Gasteiger partial charge in [0.2, 0.25) is 0 Å². The van der Waals surface area contributed by atoms with Gasteiger partial charge in [-0.25, -0.2) is 0 Å². The highest BCUT2D eigenvalue weighted by molar-refractivity contribution is 5.82. The summed E-state index contributed by atoms with van der Waals surface area (Å²) in [4.78, 5) is 34.4. The highest BCUT2D eigenvalue weighted by Gasteiger charge is 2.09. The van der Waals surface area contributed by atoms with Gasteiger partial charge in [-0.2, -0.15) is 0 Å². The fourth-order valence-corrected chi connectivity index (χ4v) is 1.52. The number of hydrogen-bond donors (Lipinski definition) is 0. The molecule has 5 nitrogen and oxygen atoms in total. The molecule has 0 aliphatic carbocycles. The first-order chi connectivity index (χ1) is 8.54. The molecule has 0 atom stereocenters. The minimum absolute atomic E-state index is 0.0000810. The average molecular weight is 251 g/mol. The third-order valence-electron chi connectivity index (χ3n) is 2.47. The van der Waals surface area contributed by atoms with Crippen LogP contribution in [0.25, 0.3) is 0 Å². The van der Waals surface area contributed by atoms with E-state index >= 15 is 0 Å². The fraction of sp³-hybridized carbons (Fsp3) is 0.462. The lowest BCUT2D eigenvalue weighted by atomic mass is 10.2. The lowest BCUT2D eigenvalue weighted by Gasteiger charge is -2.05. The molecule has 0 N–H and O–H groups in total. The molecule has 1 heterocycles. The van der Waals surface area contributed by atoms with Gasteiger partial charge in [-0.1, -0.05) is 6.07 Å². The summed E-state index contributed by atoms with van der Waals surface area (Å²) in [5.74, 6) is -0.543. The van der Waals surface area contributed by atoms with Crippen molar-refractivity contribution >= 4 is 11.8 Å². The summed E-state index contributed by atoms with van der Waals surface area (Å²) < 4.78 is 6.08. The van der Waals surface area contributed by atoms with Gasteiger partial charge < -0.3 is 9.30 Å². The molecule has 1 aromatic rings. The molecule has 5 heteroatoms. The van der Waals surface area contributed by atoms with Crippen LogP contribution in [0.1, 0.15) is 25.3 Å². The van der Waals surface area contributed by atoms with Crippen LogP contribution in [0, 0.1) is 6.92 Å². The number of aromatic nitrogens is 1. The van der Waals surface area contributed by atoms with Crippen molar-refractivity contribution in [2.45, 2.75) is 33.2 Å². The Morgan fingerprint density at radius 3 is 2.72 bits per heavy atom. The van der Waals surface area contributed by atoms with Gasteiger partial charge in [0.15, 0.2) is 5.78 Å². The first-order valence-corrected chi connectivity index (χ1v) is 5.88. The van der Waals surface area contributed by atoms with Crippen molar-refractivity contribution in [1.29, 1.82) is 0 Å².